The third-order valence-electron chi connectivity index (χ3n) is 3.47. The van der Waals surface area contributed by atoms with Crippen molar-refractivity contribution in [3.05, 3.63) is 11.6 Å². The summed E-state index contributed by atoms with van der Waals surface area (Å²) >= 11 is 2.12. The van der Waals surface area contributed by atoms with Crippen LogP contribution in [0.5, 0.6) is 0 Å². The van der Waals surface area contributed by atoms with Crippen LogP contribution >= 0.6 is 11.8 Å². The SMILES string of the molecule is CNC(C1=CCCCC1)C1CCSC1. The van der Waals surface area contributed by atoms with E-state index in [9.17, 15) is 0 Å². The Morgan fingerprint density at radius 3 is 3.00 bits per heavy atom. The van der Waals surface area contributed by atoms with Crippen LogP contribution in [0.2, 0.25) is 0 Å². The highest BCUT2D eigenvalue weighted by Crippen LogP contribution is 2.32. The Morgan fingerprint density at radius 1 is 1.50 bits per heavy atom. The van der Waals surface area contributed by atoms with Crippen LogP contribution < -0.4 is 5.32 Å². The van der Waals surface area contributed by atoms with E-state index in [-0.39, 0.29) is 0 Å². The first kappa shape index (κ1) is 10.6. The number of thioether (sulfide) groups is 1. The normalized spacial score (nSPS) is 30.1. The number of allylic oxidation sites excluding steroid dienone is 1. The lowest BCUT2D eigenvalue weighted by Gasteiger charge is -2.27. The van der Waals surface area contributed by atoms with Crippen molar-refractivity contribution in [2.24, 2.45) is 5.92 Å². The molecule has 14 heavy (non-hydrogen) atoms. The first-order valence-corrected chi connectivity index (χ1v) is 7.01. The third-order valence-corrected chi connectivity index (χ3v) is 4.66. The molecule has 0 saturated carbocycles. The van der Waals surface area contributed by atoms with Crippen LogP contribution in [0.4, 0.5) is 0 Å². The van der Waals surface area contributed by atoms with Gasteiger partial charge in [-0.25, -0.2) is 0 Å². The van der Waals surface area contributed by atoms with Gasteiger partial charge in [-0.1, -0.05) is 11.6 Å². The molecule has 80 valence electrons. The second-order valence-corrected chi connectivity index (χ2v) is 5.56. The van der Waals surface area contributed by atoms with Crippen LogP contribution in [0, 0.1) is 5.92 Å². The molecule has 0 radical (unpaired) electrons. The van der Waals surface area contributed by atoms with E-state index in [0.29, 0.717) is 6.04 Å². The van der Waals surface area contributed by atoms with Crippen molar-refractivity contribution < 1.29 is 0 Å². The molecule has 0 bridgehead atoms. The molecule has 0 aromatic carbocycles. The lowest BCUT2D eigenvalue weighted by Crippen LogP contribution is -2.36. The predicted octanol–water partition coefficient (Wildman–Crippen LogP) is 2.83. The van der Waals surface area contributed by atoms with Crippen LogP contribution in [-0.2, 0) is 0 Å². The Labute approximate surface area is 91.7 Å². The second-order valence-electron chi connectivity index (χ2n) is 4.41. The van der Waals surface area contributed by atoms with Gasteiger partial charge in [-0.3, -0.25) is 0 Å². The van der Waals surface area contributed by atoms with Gasteiger partial charge in [-0.05, 0) is 56.6 Å². The molecule has 1 heterocycles. The Morgan fingerprint density at radius 2 is 2.43 bits per heavy atom. The van der Waals surface area contributed by atoms with Crippen molar-refractivity contribution >= 4 is 11.8 Å². The number of rotatable bonds is 3. The molecule has 1 N–H and O–H groups in total. The Hall–Kier alpha value is 0.0500. The maximum absolute atomic E-state index is 3.53. The fourth-order valence-electron chi connectivity index (χ4n) is 2.68. The van der Waals surface area contributed by atoms with Crippen LogP contribution in [0.3, 0.4) is 0 Å². The third kappa shape index (κ3) is 2.34. The lowest BCUT2D eigenvalue weighted by atomic mass is 9.86. The molecule has 2 atom stereocenters. The first-order chi connectivity index (χ1) is 6.92. The van der Waals surface area contributed by atoms with Gasteiger partial charge < -0.3 is 5.32 Å². The average molecular weight is 211 g/mol. The molecule has 0 amide bonds. The van der Waals surface area contributed by atoms with E-state index in [4.69, 9.17) is 0 Å². The highest BCUT2D eigenvalue weighted by atomic mass is 32.2. The molecule has 2 aliphatic rings. The first-order valence-electron chi connectivity index (χ1n) is 5.86. The van der Waals surface area contributed by atoms with Crippen LogP contribution in [-0.4, -0.2) is 24.6 Å². The molecule has 2 rings (SSSR count). The summed E-state index contributed by atoms with van der Waals surface area (Å²) in [5, 5.41) is 3.53. The molecule has 0 aromatic rings. The van der Waals surface area contributed by atoms with Gasteiger partial charge in [0.05, 0.1) is 0 Å². The van der Waals surface area contributed by atoms with Crippen molar-refractivity contribution in [3.8, 4) is 0 Å². The zero-order chi connectivity index (χ0) is 9.80. The highest BCUT2D eigenvalue weighted by Gasteiger charge is 2.27. The number of nitrogens with one attached hydrogen (secondary N) is 1. The highest BCUT2D eigenvalue weighted by molar-refractivity contribution is 7.99. The number of likely N-dealkylation sites (N-methyl/N-ethyl adjacent to an activating group) is 1. The van der Waals surface area contributed by atoms with Gasteiger partial charge in [-0.15, -0.1) is 0 Å². The fourth-order valence-corrected chi connectivity index (χ4v) is 3.98. The van der Waals surface area contributed by atoms with E-state index in [0.717, 1.165) is 5.92 Å². The van der Waals surface area contributed by atoms with E-state index < -0.39 is 0 Å². The molecule has 1 aliphatic heterocycles. The Kier molecular flexibility index (Phi) is 3.94. The summed E-state index contributed by atoms with van der Waals surface area (Å²) in [5.41, 5.74) is 1.70. The van der Waals surface area contributed by atoms with Gasteiger partial charge in [0.1, 0.15) is 0 Å². The zero-order valence-electron chi connectivity index (χ0n) is 9.09. The van der Waals surface area contributed by atoms with Crippen molar-refractivity contribution in [2.45, 2.75) is 38.1 Å². The van der Waals surface area contributed by atoms with Gasteiger partial charge in [0.2, 0.25) is 0 Å². The molecule has 1 fully saturated rings. The van der Waals surface area contributed by atoms with E-state index in [1.807, 2.05) is 0 Å². The maximum atomic E-state index is 3.53. The molecular weight excluding hydrogens is 190 g/mol. The fraction of sp³-hybridized carbons (Fsp3) is 0.833. The minimum atomic E-state index is 0.685. The molecule has 2 heteroatoms. The van der Waals surface area contributed by atoms with Gasteiger partial charge >= 0.3 is 0 Å². The summed E-state index contributed by atoms with van der Waals surface area (Å²) in [5.74, 6) is 3.63. The van der Waals surface area contributed by atoms with E-state index in [1.165, 1.54) is 43.6 Å². The minimum absolute atomic E-state index is 0.685. The quantitative estimate of drug-likeness (QED) is 0.720. The summed E-state index contributed by atoms with van der Waals surface area (Å²) in [6, 6.07) is 0.685. The summed E-state index contributed by atoms with van der Waals surface area (Å²) in [6.07, 6.45) is 9.37. The van der Waals surface area contributed by atoms with E-state index in [2.05, 4.69) is 30.2 Å². The largest absolute Gasteiger partial charge is 0.313 e. The monoisotopic (exact) mass is 211 g/mol. The molecule has 1 nitrogen and oxygen atoms in total. The lowest BCUT2D eigenvalue weighted by molar-refractivity contribution is 0.433. The molecule has 1 aliphatic carbocycles. The average Bonchev–Trinajstić information content (AvgIpc) is 2.74. The summed E-state index contributed by atoms with van der Waals surface area (Å²) in [4.78, 5) is 0. The second kappa shape index (κ2) is 5.22. The summed E-state index contributed by atoms with van der Waals surface area (Å²) in [6.45, 7) is 0. The van der Waals surface area contributed by atoms with Crippen molar-refractivity contribution in [3.63, 3.8) is 0 Å². The van der Waals surface area contributed by atoms with E-state index in [1.54, 1.807) is 5.57 Å². The molecule has 2 unspecified atom stereocenters. The predicted molar refractivity (Wildman–Crippen MR) is 64.8 cm³/mol. The van der Waals surface area contributed by atoms with Crippen molar-refractivity contribution in [1.82, 2.24) is 5.32 Å². The maximum Gasteiger partial charge on any atom is 0.0313 e. The smallest absolute Gasteiger partial charge is 0.0313 e. The van der Waals surface area contributed by atoms with Crippen molar-refractivity contribution in [2.75, 3.05) is 18.6 Å². The standard InChI is InChI=1S/C12H21NS/c1-13-12(11-7-8-14-9-11)10-5-3-2-4-6-10/h5,11-13H,2-4,6-9H2,1H3. The number of hydrogen-bond donors (Lipinski definition) is 1. The molecule has 0 spiro atoms. The Balaban J connectivity index is 1.99. The number of hydrogen-bond acceptors (Lipinski definition) is 2. The van der Waals surface area contributed by atoms with Gasteiger partial charge in [0, 0.05) is 6.04 Å². The minimum Gasteiger partial charge on any atom is -0.313 e. The van der Waals surface area contributed by atoms with Crippen LogP contribution in [0.1, 0.15) is 32.1 Å². The zero-order valence-corrected chi connectivity index (χ0v) is 9.91. The molecule has 0 aromatic heterocycles. The summed E-state index contributed by atoms with van der Waals surface area (Å²) < 4.78 is 0. The van der Waals surface area contributed by atoms with Gasteiger partial charge in [-0.2, -0.15) is 11.8 Å². The van der Waals surface area contributed by atoms with Crippen LogP contribution in [0.15, 0.2) is 11.6 Å². The van der Waals surface area contributed by atoms with Crippen LogP contribution in [0.25, 0.3) is 0 Å². The van der Waals surface area contributed by atoms with Gasteiger partial charge in [0.15, 0.2) is 0 Å². The summed E-state index contributed by atoms with van der Waals surface area (Å²) in [7, 11) is 2.13. The topological polar surface area (TPSA) is 12.0 Å². The van der Waals surface area contributed by atoms with Crippen molar-refractivity contribution in [1.29, 1.82) is 0 Å². The molecule has 1 saturated heterocycles. The van der Waals surface area contributed by atoms with Gasteiger partial charge in [0.25, 0.3) is 0 Å². The Bertz CT molecular complexity index is 206. The van der Waals surface area contributed by atoms with E-state index >= 15 is 0 Å². The molecular formula is C12H21NS.